The number of amides is 1. The molecule has 2 rings (SSSR count). The monoisotopic (exact) mass is 293 g/mol. The number of nitrogens with one attached hydrogen (secondary N) is 1. The molecule has 1 saturated carbocycles. The third-order valence-electron chi connectivity index (χ3n) is 3.70. The quantitative estimate of drug-likeness (QED) is 0.759. The summed E-state index contributed by atoms with van der Waals surface area (Å²) in [5.41, 5.74) is 1.01. The molecule has 0 aliphatic heterocycles. The minimum absolute atomic E-state index is 0.0386. The van der Waals surface area contributed by atoms with Crippen LogP contribution in [-0.2, 0) is 16.1 Å². The van der Waals surface area contributed by atoms with Crippen molar-refractivity contribution >= 4 is 5.91 Å². The summed E-state index contributed by atoms with van der Waals surface area (Å²) in [5.74, 6) is 1.46. The fourth-order valence-electron chi connectivity index (χ4n) is 2.13. The van der Waals surface area contributed by atoms with Crippen LogP contribution in [-0.4, -0.2) is 37.4 Å². The molecule has 0 bridgehead atoms. The van der Waals surface area contributed by atoms with Gasteiger partial charge in [-0.05, 0) is 30.0 Å². The van der Waals surface area contributed by atoms with Gasteiger partial charge >= 0.3 is 0 Å². The SMILES string of the molecule is COc1ccc(COC[C@H](O)CNC(=O)[C@H]2C[C@H]2C)cc1. The standard InChI is InChI=1S/C16H23NO4/c1-11-7-15(11)16(19)17-8-13(18)10-21-9-12-3-5-14(20-2)6-4-12/h3-6,11,13,15,18H,7-10H2,1-2H3,(H,17,19)/t11-,13-,15+/m1/s1. The van der Waals surface area contributed by atoms with Gasteiger partial charge in [-0.2, -0.15) is 0 Å². The van der Waals surface area contributed by atoms with Crippen molar-refractivity contribution in [3.8, 4) is 5.75 Å². The second kappa shape index (κ2) is 7.43. The number of ether oxygens (including phenoxy) is 2. The molecule has 5 heteroatoms. The molecule has 3 atom stereocenters. The summed E-state index contributed by atoms with van der Waals surface area (Å²) < 4.78 is 10.5. The summed E-state index contributed by atoms with van der Waals surface area (Å²) in [6.07, 6.45) is 0.275. The minimum Gasteiger partial charge on any atom is -0.497 e. The molecule has 5 nitrogen and oxygen atoms in total. The van der Waals surface area contributed by atoms with Gasteiger partial charge in [0.1, 0.15) is 5.75 Å². The van der Waals surface area contributed by atoms with E-state index in [0.29, 0.717) is 12.5 Å². The van der Waals surface area contributed by atoms with E-state index in [1.54, 1.807) is 7.11 Å². The molecule has 116 valence electrons. The van der Waals surface area contributed by atoms with Gasteiger partial charge in [0.15, 0.2) is 0 Å². The lowest BCUT2D eigenvalue weighted by Crippen LogP contribution is -2.35. The van der Waals surface area contributed by atoms with Crippen LogP contribution in [0.15, 0.2) is 24.3 Å². The summed E-state index contributed by atoms with van der Waals surface area (Å²) in [6, 6.07) is 7.57. The molecule has 0 unspecified atom stereocenters. The molecule has 2 N–H and O–H groups in total. The molecule has 1 aromatic rings. The summed E-state index contributed by atoms with van der Waals surface area (Å²) >= 11 is 0. The number of aliphatic hydroxyl groups is 1. The summed E-state index contributed by atoms with van der Waals surface area (Å²) in [5, 5.41) is 12.5. The van der Waals surface area contributed by atoms with Gasteiger partial charge in [0.05, 0.1) is 26.4 Å². The maximum absolute atomic E-state index is 11.6. The van der Waals surface area contributed by atoms with Crippen LogP contribution in [0.4, 0.5) is 0 Å². The number of hydrogen-bond donors (Lipinski definition) is 2. The molecule has 0 heterocycles. The molecule has 0 saturated heterocycles. The van der Waals surface area contributed by atoms with Gasteiger partial charge in [0.2, 0.25) is 5.91 Å². The largest absolute Gasteiger partial charge is 0.497 e. The molecule has 0 radical (unpaired) electrons. The Morgan fingerprint density at radius 2 is 2.10 bits per heavy atom. The van der Waals surface area contributed by atoms with Crippen molar-refractivity contribution in [2.24, 2.45) is 11.8 Å². The molecule has 21 heavy (non-hydrogen) atoms. The van der Waals surface area contributed by atoms with Gasteiger partial charge in [-0.3, -0.25) is 4.79 Å². The van der Waals surface area contributed by atoms with Gasteiger partial charge in [-0.15, -0.1) is 0 Å². The zero-order valence-electron chi connectivity index (χ0n) is 12.5. The van der Waals surface area contributed by atoms with E-state index >= 15 is 0 Å². The normalized spacial score (nSPS) is 21.7. The minimum atomic E-state index is -0.679. The van der Waals surface area contributed by atoms with E-state index < -0.39 is 6.10 Å². The lowest BCUT2D eigenvalue weighted by atomic mass is 10.2. The molecular weight excluding hydrogens is 270 g/mol. The Morgan fingerprint density at radius 1 is 1.43 bits per heavy atom. The van der Waals surface area contributed by atoms with Gasteiger partial charge in [0, 0.05) is 12.5 Å². The van der Waals surface area contributed by atoms with Crippen LogP contribution in [0.25, 0.3) is 0 Å². The van der Waals surface area contributed by atoms with E-state index in [4.69, 9.17) is 9.47 Å². The molecule has 1 aromatic carbocycles. The second-order valence-electron chi connectivity index (χ2n) is 5.58. The predicted octanol–water partition coefficient (Wildman–Crippen LogP) is 1.34. The van der Waals surface area contributed by atoms with Crippen molar-refractivity contribution in [1.82, 2.24) is 5.32 Å². The van der Waals surface area contributed by atoms with Crippen molar-refractivity contribution in [1.29, 1.82) is 0 Å². The third kappa shape index (κ3) is 5.02. The van der Waals surface area contributed by atoms with Crippen molar-refractivity contribution in [3.05, 3.63) is 29.8 Å². The fraction of sp³-hybridized carbons (Fsp3) is 0.562. The molecule has 1 fully saturated rings. The lowest BCUT2D eigenvalue weighted by Gasteiger charge is -2.12. The van der Waals surface area contributed by atoms with Crippen LogP contribution >= 0.6 is 0 Å². The van der Waals surface area contributed by atoms with Crippen molar-refractivity contribution in [2.75, 3.05) is 20.3 Å². The van der Waals surface area contributed by atoms with Crippen LogP contribution in [0.5, 0.6) is 5.75 Å². The predicted molar refractivity (Wildman–Crippen MR) is 78.9 cm³/mol. The highest BCUT2D eigenvalue weighted by atomic mass is 16.5. The fourth-order valence-corrected chi connectivity index (χ4v) is 2.13. The number of rotatable bonds is 8. The molecule has 0 aromatic heterocycles. The Balaban J connectivity index is 1.60. The Labute approximate surface area is 125 Å². The van der Waals surface area contributed by atoms with E-state index in [-0.39, 0.29) is 25.0 Å². The van der Waals surface area contributed by atoms with Crippen LogP contribution in [0, 0.1) is 11.8 Å². The zero-order valence-corrected chi connectivity index (χ0v) is 12.5. The second-order valence-corrected chi connectivity index (χ2v) is 5.58. The van der Waals surface area contributed by atoms with Crippen molar-refractivity contribution in [2.45, 2.75) is 26.1 Å². The maximum Gasteiger partial charge on any atom is 0.223 e. The number of methoxy groups -OCH3 is 1. The van der Waals surface area contributed by atoms with Gasteiger partial charge in [0.25, 0.3) is 0 Å². The Kier molecular flexibility index (Phi) is 5.59. The summed E-state index contributed by atoms with van der Waals surface area (Å²) in [7, 11) is 1.62. The smallest absolute Gasteiger partial charge is 0.223 e. The summed E-state index contributed by atoms with van der Waals surface area (Å²) in [6.45, 7) is 2.92. The van der Waals surface area contributed by atoms with Crippen LogP contribution in [0.3, 0.4) is 0 Å². The Hall–Kier alpha value is -1.59. The first kappa shape index (κ1) is 15.8. The van der Waals surface area contributed by atoms with E-state index in [2.05, 4.69) is 12.2 Å². The number of benzene rings is 1. The third-order valence-corrected chi connectivity index (χ3v) is 3.70. The highest BCUT2D eigenvalue weighted by Gasteiger charge is 2.38. The van der Waals surface area contributed by atoms with E-state index in [0.717, 1.165) is 17.7 Å². The lowest BCUT2D eigenvalue weighted by molar-refractivity contribution is -0.123. The topological polar surface area (TPSA) is 67.8 Å². The average Bonchev–Trinajstić information content (AvgIpc) is 3.22. The highest BCUT2D eigenvalue weighted by molar-refractivity contribution is 5.81. The number of hydrogen-bond acceptors (Lipinski definition) is 4. The zero-order chi connectivity index (χ0) is 15.2. The number of aliphatic hydroxyl groups excluding tert-OH is 1. The summed E-state index contributed by atoms with van der Waals surface area (Å²) in [4.78, 5) is 11.6. The highest BCUT2D eigenvalue weighted by Crippen LogP contribution is 2.37. The average molecular weight is 293 g/mol. The molecule has 1 aliphatic carbocycles. The number of carbonyl (C=O) groups is 1. The Bertz CT molecular complexity index is 460. The van der Waals surface area contributed by atoms with E-state index in [1.165, 1.54) is 0 Å². The van der Waals surface area contributed by atoms with Gasteiger partial charge in [-0.1, -0.05) is 19.1 Å². The van der Waals surface area contributed by atoms with Crippen LogP contribution in [0.1, 0.15) is 18.9 Å². The van der Waals surface area contributed by atoms with E-state index in [9.17, 15) is 9.90 Å². The first-order valence-electron chi connectivity index (χ1n) is 7.26. The number of carbonyl (C=O) groups excluding carboxylic acids is 1. The molecule has 0 spiro atoms. The molecule has 1 aliphatic rings. The Morgan fingerprint density at radius 3 is 2.67 bits per heavy atom. The van der Waals surface area contributed by atoms with E-state index in [1.807, 2.05) is 24.3 Å². The maximum atomic E-state index is 11.6. The van der Waals surface area contributed by atoms with Crippen LogP contribution in [0.2, 0.25) is 0 Å². The van der Waals surface area contributed by atoms with Crippen molar-refractivity contribution < 1.29 is 19.4 Å². The first-order chi connectivity index (χ1) is 10.1. The van der Waals surface area contributed by atoms with Gasteiger partial charge < -0.3 is 19.9 Å². The molecule has 1 amide bonds. The van der Waals surface area contributed by atoms with Crippen LogP contribution < -0.4 is 10.1 Å². The first-order valence-corrected chi connectivity index (χ1v) is 7.26. The molecular formula is C16H23NO4. The van der Waals surface area contributed by atoms with Gasteiger partial charge in [-0.25, -0.2) is 0 Å². The van der Waals surface area contributed by atoms with Crippen molar-refractivity contribution in [3.63, 3.8) is 0 Å².